The molecule has 0 fully saturated rings. The smallest absolute Gasteiger partial charge is 0.390 e. The molecule has 1 N–H and O–H groups in total. The van der Waals surface area contributed by atoms with Gasteiger partial charge in [0.1, 0.15) is 6.61 Å². The lowest BCUT2D eigenvalue weighted by Gasteiger charge is -2.36. The van der Waals surface area contributed by atoms with Crippen LogP contribution in [-0.2, 0) is 0 Å². The summed E-state index contributed by atoms with van der Waals surface area (Å²) in [5.74, 6) is -5.92. The molecule has 17 heavy (non-hydrogen) atoms. The molecule has 0 rings (SSSR count). The Kier molecular flexibility index (Phi) is 3.96. The van der Waals surface area contributed by atoms with Crippen LogP contribution in [0.2, 0.25) is 0 Å². The molecule has 0 unspecified atom stereocenters. The molecular formula is C5H3F10NO. The Morgan fingerprint density at radius 3 is 1.18 bits per heavy atom. The van der Waals surface area contributed by atoms with Crippen molar-refractivity contribution in [1.29, 1.82) is 0 Å². The Balaban J connectivity index is 5.65. The van der Waals surface area contributed by atoms with E-state index in [1.165, 1.54) is 0 Å². The minimum Gasteiger partial charge on any atom is -0.390 e. The van der Waals surface area contributed by atoms with Crippen molar-refractivity contribution in [1.82, 2.24) is 4.90 Å². The van der Waals surface area contributed by atoms with Crippen LogP contribution in [-0.4, -0.2) is 41.2 Å². The number of alkyl halides is 10. The summed E-state index contributed by atoms with van der Waals surface area (Å²) < 4.78 is 119. The fraction of sp³-hybridized carbons (Fsp3) is 1.00. The van der Waals surface area contributed by atoms with Gasteiger partial charge in [-0.05, 0) is 0 Å². The van der Waals surface area contributed by atoms with Gasteiger partial charge in [-0.1, -0.05) is 4.90 Å². The first-order valence-electron chi connectivity index (χ1n) is 3.48. The Bertz CT molecular complexity index is 253. The van der Waals surface area contributed by atoms with E-state index in [1.54, 1.807) is 0 Å². The monoisotopic (exact) mass is 283 g/mol. The van der Waals surface area contributed by atoms with Gasteiger partial charge in [-0.15, -0.1) is 0 Å². The van der Waals surface area contributed by atoms with Crippen LogP contribution < -0.4 is 0 Å². The highest BCUT2D eigenvalue weighted by Gasteiger charge is 2.74. The van der Waals surface area contributed by atoms with Crippen molar-refractivity contribution in [3.05, 3.63) is 0 Å². The molecule has 0 bridgehead atoms. The van der Waals surface area contributed by atoms with Crippen LogP contribution in [0.4, 0.5) is 43.9 Å². The molecule has 0 aliphatic rings. The summed E-state index contributed by atoms with van der Waals surface area (Å²) in [6.07, 6.45) is -13.6. The van der Waals surface area contributed by atoms with Gasteiger partial charge in [0.2, 0.25) is 0 Å². The third-order valence-electron chi connectivity index (χ3n) is 1.43. The van der Waals surface area contributed by atoms with E-state index >= 15 is 0 Å². The predicted molar refractivity (Wildman–Crippen MR) is 30.9 cm³/mol. The van der Waals surface area contributed by atoms with Crippen molar-refractivity contribution in [2.45, 2.75) is 24.6 Å². The molecule has 0 aromatic rings. The molecule has 0 aromatic carbocycles. The van der Waals surface area contributed by atoms with Crippen LogP contribution in [0, 0.1) is 0 Å². The highest BCUT2D eigenvalue weighted by molar-refractivity contribution is 4.87. The molecule has 0 aromatic heterocycles. The minimum absolute atomic E-state index is 2.89. The summed E-state index contributed by atoms with van der Waals surface area (Å²) in [5.41, 5.74) is 0. The molecule has 104 valence electrons. The molecule has 12 heteroatoms. The number of halogens is 10. The Morgan fingerprint density at radius 2 is 1.00 bits per heavy atom. The molecule has 0 aliphatic heterocycles. The van der Waals surface area contributed by atoms with Crippen LogP contribution >= 0.6 is 0 Å². The zero-order valence-corrected chi connectivity index (χ0v) is 7.38. The standard InChI is InChI=1S/C5H3F10NO/c6-2(7,1-17)3(8,9)16(4(10,11)12)5(13,14)15/h17H,1H2. The van der Waals surface area contributed by atoms with E-state index in [4.69, 9.17) is 5.11 Å². The second-order valence-corrected chi connectivity index (χ2v) is 2.67. The van der Waals surface area contributed by atoms with Gasteiger partial charge < -0.3 is 5.11 Å². The summed E-state index contributed by atoms with van der Waals surface area (Å²) in [6, 6.07) is -6.67. The van der Waals surface area contributed by atoms with E-state index < -0.39 is 36.1 Å². The highest BCUT2D eigenvalue weighted by atomic mass is 19.4. The van der Waals surface area contributed by atoms with E-state index in [9.17, 15) is 43.9 Å². The van der Waals surface area contributed by atoms with Crippen LogP contribution in [0.1, 0.15) is 0 Å². The lowest BCUT2D eigenvalue weighted by Crippen LogP contribution is -2.65. The molecular weight excluding hydrogens is 280 g/mol. The van der Waals surface area contributed by atoms with E-state index in [0.717, 1.165) is 0 Å². The minimum atomic E-state index is -6.79. The van der Waals surface area contributed by atoms with Gasteiger partial charge in [-0.3, -0.25) is 0 Å². The fourth-order valence-corrected chi connectivity index (χ4v) is 0.721. The highest BCUT2D eigenvalue weighted by Crippen LogP contribution is 2.47. The molecule has 0 spiro atoms. The summed E-state index contributed by atoms with van der Waals surface area (Å²) in [4.78, 5) is -3.57. The Morgan fingerprint density at radius 1 is 0.706 bits per heavy atom. The zero-order chi connectivity index (χ0) is 14.3. The Hall–Kier alpha value is -0.780. The lowest BCUT2D eigenvalue weighted by molar-refractivity contribution is -0.470. The summed E-state index contributed by atoms with van der Waals surface area (Å²) in [5, 5.41) is 7.72. The summed E-state index contributed by atoms with van der Waals surface area (Å²) in [6.45, 7) is -2.89. The maximum Gasteiger partial charge on any atom is 0.472 e. The van der Waals surface area contributed by atoms with Gasteiger partial charge in [-0.2, -0.15) is 43.9 Å². The van der Waals surface area contributed by atoms with Crippen LogP contribution in [0.25, 0.3) is 0 Å². The maximum absolute atomic E-state index is 12.4. The first kappa shape index (κ1) is 16.2. The number of aliphatic hydroxyl groups excluding tert-OH is 1. The number of rotatable bonds is 3. The summed E-state index contributed by atoms with van der Waals surface area (Å²) >= 11 is 0. The van der Waals surface area contributed by atoms with Crippen LogP contribution in [0.15, 0.2) is 0 Å². The second-order valence-electron chi connectivity index (χ2n) is 2.67. The van der Waals surface area contributed by atoms with Crippen molar-refractivity contribution >= 4 is 0 Å². The van der Waals surface area contributed by atoms with Crippen LogP contribution in [0.3, 0.4) is 0 Å². The molecule has 0 heterocycles. The Labute approximate surface area is 86.4 Å². The van der Waals surface area contributed by atoms with Gasteiger partial charge in [0, 0.05) is 0 Å². The van der Waals surface area contributed by atoms with Gasteiger partial charge in [-0.25, -0.2) is 0 Å². The zero-order valence-electron chi connectivity index (χ0n) is 7.38. The first-order valence-corrected chi connectivity index (χ1v) is 3.48. The average Bonchev–Trinajstić information content (AvgIpc) is 1.96. The van der Waals surface area contributed by atoms with Gasteiger partial charge in [0.05, 0.1) is 0 Å². The molecule has 0 aliphatic carbocycles. The molecule has 0 saturated heterocycles. The number of hydrogen-bond donors (Lipinski definition) is 1. The topological polar surface area (TPSA) is 23.5 Å². The fourth-order valence-electron chi connectivity index (χ4n) is 0.721. The van der Waals surface area contributed by atoms with Crippen molar-refractivity contribution in [3.63, 3.8) is 0 Å². The third kappa shape index (κ3) is 3.12. The maximum atomic E-state index is 12.4. The average molecular weight is 283 g/mol. The second kappa shape index (κ2) is 4.15. The van der Waals surface area contributed by atoms with Crippen LogP contribution in [0.5, 0.6) is 0 Å². The molecule has 0 radical (unpaired) electrons. The normalized spacial score (nSPS) is 15.5. The van der Waals surface area contributed by atoms with E-state index in [-0.39, 0.29) is 0 Å². The van der Waals surface area contributed by atoms with Gasteiger partial charge >= 0.3 is 24.6 Å². The quantitative estimate of drug-likeness (QED) is 0.635. The molecule has 0 atom stereocenters. The molecule has 2 nitrogen and oxygen atoms in total. The summed E-state index contributed by atoms with van der Waals surface area (Å²) in [7, 11) is 0. The lowest BCUT2D eigenvalue weighted by atomic mass is 10.3. The SMILES string of the molecule is OCC(F)(F)C(F)(F)N(C(F)(F)F)C(F)(F)F. The van der Waals surface area contributed by atoms with Crippen molar-refractivity contribution < 1.29 is 49.0 Å². The van der Waals surface area contributed by atoms with E-state index in [2.05, 4.69) is 0 Å². The number of hydrogen-bond acceptors (Lipinski definition) is 2. The largest absolute Gasteiger partial charge is 0.472 e. The number of nitrogens with zero attached hydrogens (tertiary/aromatic N) is 1. The number of aliphatic hydroxyl groups is 1. The van der Waals surface area contributed by atoms with Crippen molar-refractivity contribution in [3.8, 4) is 0 Å². The van der Waals surface area contributed by atoms with Crippen molar-refractivity contribution in [2.24, 2.45) is 0 Å². The van der Waals surface area contributed by atoms with Gasteiger partial charge in [0.15, 0.2) is 0 Å². The van der Waals surface area contributed by atoms with E-state index in [0.29, 0.717) is 0 Å². The first-order chi connectivity index (χ1) is 7.18. The third-order valence-corrected chi connectivity index (χ3v) is 1.43. The van der Waals surface area contributed by atoms with Crippen molar-refractivity contribution in [2.75, 3.05) is 6.61 Å². The molecule has 0 saturated carbocycles. The van der Waals surface area contributed by atoms with Gasteiger partial charge in [0.25, 0.3) is 0 Å². The van der Waals surface area contributed by atoms with E-state index in [1.807, 2.05) is 0 Å². The predicted octanol–water partition coefficient (Wildman–Crippen LogP) is 2.55. The molecule has 0 amide bonds.